The molecule has 1 nitrogen and oxygen atoms in total. The summed E-state index contributed by atoms with van der Waals surface area (Å²) in [5, 5.41) is 0. The molecule has 0 aromatic heterocycles. The molecule has 16 heavy (non-hydrogen) atoms. The molecule has 0 bridgehead atoms. The highest BCUT2D eigenvalue weighted by atomic mass is 15.1. The number of hydrogen-bond donors (Lipinski definition) is 0. The number of nitrogens with zero attached hydrogens (tertiary/aromatic N) is 1. The van der Waals surface area contributed by atoms with Crippen LogP contribution in [0.2, 0.25) is 0 Å². The Morgan fingerprint density at radius 3 is 2.56 bits per heavy atom. The minimum Gasteiger partial charge on any atom is -0.299 e. The summed E-state index contributed by atoms with van der Waals surface area (Å²) in [7, 11) is 0. The zero-order chi connectivity index (χ0) is 11.4. The second kappa shape index (κ2) is 5.86. The molecule has 2 aliphatic rings. The molecule has 1 aliphatic heterocycles. The summed E-state index contributed by atoms with van der Waals surface area (Å²) in [5.41, 5.74) is 1.68. The minimum atomic E-state index is 0.761. The van der Waals surface area contributed by atoms with Gasteiger partial charge in [-0.1, -0.05) is 44.8 Å². The van der Waals surface area contributed by atoms with Crippen molar-refractivity contribution in [2.24, 2.45) is 11.8 Å². The van der Waals surface area contributed by atoms with Gasteiger partial charge in [0, 0.05) is 19.6 Å². The molecular formula is C15H27N. The first-order valence-corrected chi connectivity index (χ1v) is 7.17. The van der Waals surface area contributed by atoms with Crippen molar-refractivity contribution in [3.63, 3.8) is 0 Å². The third-order valence-corrected chi connectivity index (χ3v) is 4.31. The van der Waals surface area contributed by atoms with Gasteiger partial charge >= 0.3 is 0 Å². The lowest BCUT2D eigenvalue weighted by molar-refractivity contribution is 0.210. The number of rotatable bonds is 3. The third-order valence-electron chi connectivity index (χ3n) is 4.31. The predicted molar refractivity (Wildman–Crippen MR) is 70.6 cm³/mol. The van der Waals surface area contributed by atoms with Gasteiger partial charge < -0.3 is 0 Å². The van der Waals surface area contributed by atoms with Crippen LogP contribution in [-0.2, 0) is 0 Å². The van der Waals surface area contributed by atoms with E-state index in [0.29, 0.717) is 0 Å². The lowest BCUT2D eigenvalue weighted by Crippen LogP contribution is -2.34. The molecule has 1 heterocycles. The van der Waals surface area contributed by atoms with Gasteiger partial charge in [0.2, 0.25) is 0 Å². The average Bonchev–Trinajstić information content (AvgIpc) is 2.31. The van der Waals surface area contributed by atoms with Gasteiger partial charge in [0.1, 0.15) is 0 Å². The summed E-state index contributed by atoms with van der Waals surface area (Å²) in [5.74, 6) is 1.76. The summed E-state index contributed by atoms with van der Waals surface area (Å²) in [6.07, 6.45) is 11.2. The molecule has 92 valence electrons. The Morgan fingerprint density at radius 1 is 1.25 bits per heavy atom. The lowest BCUT2D eigenvalue weighted by atomic mass is 9.88. The van der Waals surface area contributed by atoms with Gasteiger partial charge in [-0.15, -0.1) is 0 Å². The zero-order valence-corrected chi connectivity index (χ0v) is 11.0. The first-order chi connectivity index (χ1) is 7.75. The summed E-state index contributed by atoms with van der Waals surface area (Å²) >= 11 is 0. The van der Waals surface area contributed by atoms with Crippen molar-refractivity contribution in [1.82, 2.24) is 4.90 Å². The summed E-state index contributed by atoms with van der Waals surface area (Å²) in [6, 6.07) is 0. The van der Waals surface area contributed by atoms with Crippen molar-refractivity contribution >= 4 is 0 Å². The van der Waals surface area contributed by atoms with E-state index >= 15 is 0 Å². The Kier molecular flexibility index (Phi) is 4.45. The van der Waals surface area contributed by atoms with Crippen LogP contribution in [-0.4, -0.2) is 24.5 Å². The van der Waals surface area contributed by atoms with Crippen molar-refractivity contribution < 1.29 is 0 Å². The van der Waals surface area contributed by atoms with E-state index in [1.807, 2.05) is 0 Å². The molecule has 0 aromatic carbocycles. The molecule has 0 N–H and O–H groups in total. The highest BCUT2D eigenvalue weighted by Gasteiger charge is 2.19. The van der Waals surface area contributed by atoms with Crippen LogP contribution in [0.5, 0.6) is 0 Å². The molecule has 0 radical (unpaired) electrons. The van der Waals surface area contributed by atoms with Gasteiger partial charge in [-0.2, -0.15) is 0 Å². The number of hydrogen-bond acceptors (Lipinski definition) is 1. The Labute approximate surface area is 101 Å². The van der Waals surface area contributed by atoms with Crippen LogP contribution in [0.25, 0.3) is 0 Å². The van der Waals surface area contributed by atoms with Crippen LogP contribution in [0.1, 0.15) is 52.4 Å². The van der Waals surface area contributed by atoms with Crippen LogP contribution < -0.4 is 0 Å². The van der Waals surface area contributed by atoms with E-state index in [1.54, 1.807) is 5.57 Å². The average molecular weight is 221 g/mol. The van der Waals surface area contributed by atoms with Crippen molar-refractivity contribution in [2.45, 2.75) is 52.4 Å². The second-order valence-corrected chi connectivity index (χ2v) is 5.95. The fourth-order valence-electron chi connectivity index (χ4n) is 3.15. The third kappa shape index (κ3) is 3.35. The van der Waals surface area contributed by atoms with E-state index in [-0.39, 0.29) is 0 Å². The van der Waals surface area contributed by atoms with Crippen molar-refractivity contribution in [3.8, 4) is 0 Å². The van der Waals surface area contributed by atoms with Gasteiger partial charge in [-0.25, -0.2) is 0 Å². The van der Waals surface area contributed by atoms with Crippen molar-refractivity contribution in [2.75, 3.05) is 19.6 Å². The normalized spacial score (nSPS) is 24.8. The van der Waals surface area contributed by atoms with E-state index in [0.717, 1.165) is 11.8 Å². The Balaban J connectivity index is 1.76. The maximum atomic E-state index is 2.67. The largest absolute Gasteiger partial charge is 0.299 e. The summed E-state index contributed by atoms with van der Waals surface area (Å²) < 4.78 is 0. The monoisotopic (exact) mass is 221 g/mol. The zero-order valence-electron chi connectivity index (χ0n) is 11.0. The Bertz CT molecular complexity index is 236. The van der Waals surface area contributed by atoms with Crippen LogP contribution >= 0.6 is 0 Å². The summed E-state index contributed by atoms with van der Waals surface area (Å²) in [4.78, 5) is 2.67. The molecule has 0 saturated heterocycles. The molecular weight excluding hydrogens is 194 g/mol. The topological polar surface area (TPSA) is 3.24 Å². The van der Waals surface area contributed by atoms with Gasteiger partial charge in [0.25, 0.3) is 0 Å². The molecule has 1 fully saturated rings. The van der Waals surface area contributed by atoms with E-state index in [4.69, 9.17) is 0 Å². The molecule has 0 amide bonds. The first kappa shape index (κ1) is 12.2. The van der Waals surface area contributed by atoms with Gasteiger partial charge in [0.05, 0.1) is 0 Å². The first-order valence-electron chi connectivity index (χ1n) is 7.17. The molecule has 1 heteroatoms. The molecule has 2 rings (SSSR count). The van der Waals surface area contributed by atoms with Crippen LogP contribution in [0.4, 0.5) is 0 Å². The van der Waals surface area contributed by atoms with Crippen LogP contribution in [0.15, 0.2) is 11.6 Å². The van der Waals surface area contributed by atoms with Gasteiger partial charge in [0.15, 0.2) is 0 Å². The SMILES string of the molecule is CC(C)C1=CCN(CC2CCCCC2)CC1. The smallest absolute Gasteiger partial charge is 0.0166 e. The van der Waals surface area contributed by atoms with E-state index < -0.39 is 0 Å². The molecule has 0 aromatic rings. The van der Waals surface area contributed by atoms with Crippen molar-refractivity contribution in [1.29, 1.82) is 0 Å². The maximum absolute atomic E-state index is 2.67. The van der Waals surface area contributed by atoms with Crippen LogP contribution in [0, 0.1) is 11.8 Å². The Morgan fingerprint density at radius 2 is 2.00 bits per heavy atom. The van der Waals surface area contributed by atoms with E-state index in [2.05, 4.69) is 24.8 Å². The predicted octanol–water partition coefficient (Wildman–Crippen LogP) is 3.85. The standard InChI is InChI=1S/C15H27N/c1-13(2)15-8-10-16(11-9-15)12-14-6-4-3-5-7-14/h8,13-14H,3-7,9-12H2,1-2H3. The van der Waals surface area contributed by atoms with Gasteiger partial charge in [-0.3, -0.25) is 4.90 Å². The second-order valence-electron chi connectivity index (χ2n) is 5.95. The molecule has 1 saturated carbocycles. The molecule has 0 spiro atoms. The van der Waals surface area contributed by atoms with E-state index in [9.17, 15) is 0 Å². The quantitative estimate of drug-likeness (QED) is 0.654. The van der Waals surface area contributed by atoms with Gasteiger partial charge in [-0.05, 0) is 31.1 Å². The fourth-order valence-corrected chi connectivity index (χ4v) is 3.15. The minimum absolute atomic E-state index is 0.761. The fraction of sp³-hybridized carbons (Fsp3) is 0.867. The molecule has 1 aliphatic carbocycles. The summed E-state index contributed by atoms with van der Waals surface area (Å²) in [6.45, 7) is 8.53. The lowest BCUT2D eigenvalue weighted by Gasteiger charge is -2.32. The highest BCUT2D eigenvalue weighted by molar-refractivity contribution is 5.09. The van der Waals surface area contributed by atoms with Crippen LogP contribution in [0.3, 0.4) is 0 Å². The maximum Gasteiger partial charge on any atom is 0.0166 e. The molecule has 0 unspecified atom stereocenters. The highest BCUT2D eigenvalue weighted by Crippen LogP contribution is 2.26. The van der Waals surface area contributed by atoms with E-state index in [1.165, 1.54) is 58.2 Å². The van der Waals surface area contributed by atoms with Crippen molar-refractivity contribution in [3.05, 3.63) is 11.6 Å². The Hall–Kier alpha value is -0.300. The molecule has 0 atom stereocenters.